The predicted octanol–water partition coefficient (Wildman–Crippen LogP) is 3.29. The van der Waals surface area contributed by atoms with E-state index in [1.807, 2.05) is 0 Å². The molecule has 0 aliphatic carbocycles. The molecule has 32 heavy (non-hydrogen) atoms. The summed E-state index contributed by atoms with van der Waals surface area (Å²) in [4.78, 5) is 52.1. The lowest BCUT2D eigenvalue weighted by Gasteiger charge is -2.12. The minimum absolute atomic E-state index is 0.155. The van der Waals surface area contributed by atoms with E-state index < -0.39 is 17.2 Å². The van der Waals surface area contributed by atoms with Gasteiger partial charge in [-0.05, 0) is 55.8 Å². The van der Waals surface area contributed by atoms with Crippen molar-refractivity contribution in [2.24, 2.45) is 0 Å². The maximum atomic E-state index is 13.4. The molecule has 0 saturated heterocycles. The second-order valence-electron chi connectivity index (χ2n) is 7.13. The number of carbonyl (C=O) groups is 2. The van der Waals surface area contributed by atoms with Crippen LogP contribution >= 0.6 is 22.9 Å². The van der Waals surface area contributed by atoms with Crippen molar-refractivity contribution in [3.8, 4) is 5.69 Å². The molecule has 0 atom stereocenters. The molecule has 0 aliphatic heterocycles. The van der Waals surface area contributed by atoms with Crippen LogP contribution in [0.4, 0.5) is 0 Å². The minimum atomic E-state index is -0.686. The molecular weight excluding hydrogens is 454 g/mol. The third-order valence-electron chi connectivity index (χ3n) is 4.96. The monoisotopic (exact) mass is 471 g/mol. The molecule has 10 heteroatoms. The average Bonchev–Trinajstić information content (AvgIpc) is 3.39. The van der Waals surface area contributed by atoms with E-state index in [1.165, 1.54) is 17.8 Å². The van der Waals surface area contributed by atoms with Crippen molar-refractivity contribution >= 4 is 44.8 Å². The number of thiophene rings is 1. The molecule has 1 N–H and O–H groups in total. The second kappa shape index (κ2) is 8.60. The van der Waals surface area contributed by atoms with E-state index in [2.05, 4.69) is 5.32 Å². The fourth-order valence-electron chi connectivity index (χ4n) is 3.44. The van der Waals surface area contributed by atoms with Crippen LogP contribution in [0.25, 0.3) is 15.9 Å². The molecule has 1 amide bonds. The Morgan fingerprint density at radius 3 is 2.50 bits per heavy atom. The normalized spacial score (nSPS) is 11.1. The summed E-state index contributed by atoms with van der Waals surface area (Å²) in [5.74, 6) is -0.100. The fourth-order valence-corrected chi connectivity index (χ4v) is 4.75. The Kier molecular flexibility index (Phi) is 5.86. The van der Waals surface area contributed by atoms with Gasteiger partial charge < -0.3 is 9.73 Å². The lowest BCUT2D eigenvalue weighted by molar-refractivity contribution is -0.121. The highest BCUT2D eigenvalue weighted by molar-refractivity contribution is 7.20. The molecule has 4 rings (SSSR count). The van der Waals surface area contributed by atoms with Crippen molar-refractivity contribution < 1.29 is 14.0 Å². The Labute approximate surface area is 190 Å². The number of benzene rings is 1. The first-order valence-corrected chi connectivity index (χ1v) is 10.8. The number of halogens is 1. The maximum Gasteiger partial charge on any atom is 0.337 e. The zero-order valence-electron chi connectivity index (χ0n) is 17.2. The van der Waals surface area contributed by atoms with Gasteiger partial charge in [0.05, 0.1) is 28.8 Å². The van der Waals surface area contributed by atoms with Gasteiger partial charge in [0, 0.05) is 5.02 Å². The lowest BCUT2D eigenvalue weighted by atomic mass is 10.2. The smallest absolute Gasteiger partial charge is 0.337 e. The van der Waals surface area contributed by atoms with Crippen molar-refractivity contribution in [2.75, 3.05) is 0 Å². The van der Waals surface area contributed by atoms with E-state index in [9.17, 15) is 19.2 Å². The number of nitrogens with zero attached hydrogens (tertiary/aromatic N) is 2. The predicted molar refractivity (Wildman–Crippen MR) is 122 cm³/mol. The van der Waals surface area contributed by atoms with Gasteiger partial charge in [-0.2, -0.15) is 0 Å². The van der Waals surface area contributed by atoms with Crippen molar-refractivity contribution in [2.45, 2.75) is 26.9 Å². The van der Waals surface area contributed by atoms with Gasteiger partial charge in [-0.15, -0.1) is 11.3 Å². The van der Waals surface area contributed by atoms with Crippen LogP contribution in [0.3, 0.4) is 0 Å². The minimum Gasteiger partial charge on any atom is -0.467 e. The first-order valence-electron chi connectivity index (χ1n) is 9.63. The molecule has 4 aromatic rings. The Balaban J connectivity index is 1.88. The van der Waals surface area contributed by atoms with Gasteiger partial charge in [0.2, 0.25) is 5.91 Å². The number of hydrogen-bond acceptors (Lipinski definition) is 6. The number of amides is 1. The molecule has 0 radical (unpaired) electrons. The van der Waals surface area contributed by atoms with Crippen molar-refractivity contribution in [1.29, 1.82) is 0 Å². The molecule has 0 aliphatic rings. The molecule has 0 fully saturated rings. The first-order chi connectivity index (χ1) is 15.3. The molecule has 1 aromatic carbocycles. The summed E-state index contributed by atoms with van der Waals surface area (Å²) in [7, 11) is 0. The van der Waals surface area contributed by atoms with Gasteiger partial charge in [0.1, 0.15) is 17.1 Å². The summed E-state index contributed by atoms with van der Waals surface area (Å²) < 4.78 is 7.40. The van der Waals surface area contributed by atoms with Crippen LogP contribution in [0.1, 0.15) is 27.9 Å². The van der Waals surface area contributed by atoms with Gasteiger partial charge in [0.15, 0.2) is 5.78 Å². The molecule has 0 saturated carbocycles. The topological polar surface area (TPSA) is 103 Å². The lowest BCUT2D eigenvalue weighted by Crippen LogP contribution is -2.41. The van der Waals surface area contributed by atoms with Gasteiger partial charge in [0.25, 0.3) is 5.56 Å². The SMILES string of the molecule is CC(=O)c1sc2c(c1C)c(=O)n(-c1ccc(Cl)cc1)c(=O)n2CC(=O)NCc1ccco1. The van der Waals surface area contributed by atoms with Crippen molar-refractivity contribution in [3.05, 3.63) is 84.7 Å². The molecule has 164 valence electrons. The summed E-state index contributed by atoms with van der Waals surface area (Å²) in [5, 5.41) is 3.37. The van der Waals surface area contributed by atoms with Crippen LogP contribution in [0.15, 0.2) is 56.7 Å². The van der Waals surface area contributed by atoms with Gasteiger partial charge in [-0.3, -0.25) is 19.0 Å². The highest BCUT2D eigenvalue weighted by Gasteiger charge is 2.23. The van der Waals surface area contributed by atoms with Crippen LogP contribution in [0.5, 0.6) is 0 Å². The van der Waals surface area contributed by atoms with Crippen molar-refractivity contribution in [1.82, 2.24) is 14.5 Å². The van der Waals surface area contributed by atoms with Gasteiger partial charge >= 0.3 is 5.69 Å². The third-order valence-corrected chi connectivity index (χ3v) is 6.63. The highest BCUT2D eigenvalue weighted by Crippen LogP contribution is 2.28. The third kappa shape index (κ3) is 3.92. The average molecular weight is 472 g/mol. The zero-order valence-corrected chi connectivity index (χ0v) is 18.7. The van der Waals surface area contributed by atoms with Crippen LogP contribution in [0.2, 0.25) is 5.02 Å². The summed E-state index contributed by atoms with van der Waals surface area (Å²) in [6.07, 6.45) is 1.50. The van der Waals surface area contributed by atoms with E-state index >= 15 is 0 Å². The Morgan fingerprint density at radius 1 is 1.16 bits per heavy atom. The number of rotatable bonds is 6. The number of fused-ring (bicyclic) bond motifs is 1. The number of nitrogens with one attached hydrogen (secondary N) is 1. The second-order valence-corrected chi connectivity index (χ2v) is 8.57. The largest absolute Gasteiger partial charge is 0.467 e. The number of carbonyl (C=O) groups excluding carboxylic acids is 2. The highest BCUT2D eigenvalue weighted by atomic mass is 35.5. The molecule has 8 nitrogen and oxygen atoms in total. The first kappa shape index (κ1) is 21.8. The Bertz CT molecular complexity index is 1450. The molecule has 0 unspecified atom stereocenters. The Morgan fingerprint density at radius 2 is 1.88 bits per heavy atom. The fraction of sp³-hybridized carbons (Fsp3) is 0.182. The summed E-state index contributed by atoms with van der Waals surface area (Å²) in [6.45, 7) is 2.88. The van der Waals surface area contributed by atoms with Crippen molar-refractivity contribution in [3.63, 3.8) is 0 Å². The van der Waals surface area contributed by atoms with E-state index in [1.54, 1.807) is 43.3 Å². The standard InChI is InChI=1S/C22H18ClN3O5S/c1-12-18-20(29)26(15-7-5-14(23)6-8-15)22(30)25(21(18)32-19(12)13(2)27)11-17(28)24-10-16-4-3-9-31-16/h3-9H,10-11H2,1-2H3,(H,24,28). The number of aryl methyl sites for hydroxylation is 1. The molecule has 0 bridgehead atoms. The van der Waals surface area contributed by atoms with Gasteiger partial charge in [-0.25, -0.2) is 9.36 Å². The number of Topliss-reactive ketones (excluding diaryl/α,β-unsaturated/α-hetero) is 1. The number of hydrogen-bond donors (Lipinski definition) is 1. The summed E-state index contributed by atoms with van der Waals surface area (Å²) in [6, 6.07) is 9.64. The van der Waals surface area contributed by atoms with E-state index in [0.29, 0.717) is 26.9 Å². The number of ketones is 1. The van der Waals surface area contributed by atoms with Crippen LogP contribution in [-0.4, -0.2) is 20.8 Å². The molecular formula is C22H18ClN3O5S. The Hall–Kier alpha value is -3.43. The molecule has 3 aromatic heterocycles. The van der Waals surface area contributed by atoms with Crippen LogP contribution in [0, 0.1) is 6.92 Å². The van der Waals surface area contributed by atoms with E-state index in [0.717, 1.165) is 15.9 Å². The van der Waals surface area contributed by atoms with E-state index in [-0.39, 0.29) is 29.1 Å². The van der Waals surface area contributed by atoms with Gasteiger partial charge in [-0.1, -0.05) is 11.6 Å². The van der Waals surface area contributed by atoms with E-state index in [4.69, 9.17) is 16.0 Å². The molecule has 3 heterocycles. The zero-order chi connectivity index (χ0) is 23.0. The van der Waals surface area contributed by atoms with Crippen LogP contribution < -0.4 is 16.6 Å². The quantitative estimate of drug-likeness (QED) is 0.434. The summed E-state index contributed by atoms with van der Waals surface area (Å²) in [5.41, 5.74) is -0.448. The maximum absolute atomic E-state index is 13.4. The van der Waals surface area contributed by atoms with Crippen LogP contribution in [-0.2, 0) is 17.9 Å². The number of furan rings is 1. The number of aromatic nitrogens is 2. The molecule has 0 spiro atoms. The summed E-state index contributed by atoms with van der Waals surface area (Å²) >= 11 is 6.98.